The Morgan fingerprint density at radius 1 is 1.29 bits per heavy atom. The van der Waals surface area contributed by atoms with Gasteiger partial charge in [0.2, 0.25) is 0 Å². The first-order valence-corrected chi connectivity index (χ1v) is 5.49. The molecule has 0 aromatic carbocycles. The molecular formula is C13H26O. The predicted molar refractivity (Wildman–Crippen MR) is 63.4 cm³/mol. The van der Waals surface area contributed by atoms with Gasteiger partial charge in [-0.1, -0.05) is 46.3 Å². The van der Waals surface area contributed by atoms with Crippen molar-refractivity contribution in [1.29, 1.82) is 0 Å². The Kier molecular flexibility index (Phi) is 5.43. The lowest BCUT2D eigenvalue weighted by atomic mass is 9.78. The van der Waals surface area contributed by atoms with Gasteiger partial charge in [-0.05, 0) is 24.2 Å². The zero-order chi connectivity index (χ0) is 11.4. The number of allylic oxidation sites excluding steroid dienone is 2. The van der Waals surface area contributed by atoms with Gasteiger partial charge in [-0.2, -0.15) is 0 Å². The van der Waals surface area contributed by atoms with E-state index in [1.807, 2.05) is 0 Å². The molecule has 0 heterocycles. The monoisotopic (exact) mass is 198 g/mol. The summed E-state index contributed by atoms with van der Waals surface area (Å²) in [4.78, 5) is 0. The molecule has 0 aliphatic rings. The van der Waals surface area contributed by atoms with Crippen molar-refractivity contribution in [1.82, 2.24) is 0 Å². The van der Waals surface area contributed by atoms with Crippen LogP contribution in [0.5, 0.6) is 0 Å². The van der Waals surface area contributed by atoms with Gasteiger partial charge in [-0.3, -0.25) is 0 Å². The maximum atomic E-state index is 5.20. The number of rotatable bonds is 5. The van der Waals surface area contributed by atoms with E-state index < -0.39 is 0 Å². The standard InChI is InChI=1S/C13H26O/c1-10(2)11(3)8-13(5,6)12(4)9-14-7/h8,10,12H,9H2,1-7H3. The largest absolute Gasteiger partial charge is 0.384 e. The molecule has 0 bridgehead atoms. The van der Waals surface area contributed by atoms with Crippen LogP contribution in [0, 0.1) is 17.3 Å². The molecule has 0 aliphatic carbocycles. The van der Waals surface area contributed by atoms with Crippen LogP contribution in [0.25, 0.3) is 0 Å². The van der Waals surface area contributed by atoms with Crippen molar-refractivity contribution in [2.24, 2.45) is 17.3 Å². The lowest BCUT2D eigenvalue weighted by Gasteiger charge is -2.29. The third kappa shape index (κ3) is 4.28. The Bertz CT molecular complexity index is 189. The fourth-order valence-corrected chi connectivity index (χ4v) is 1.36. The Labute approximate surface area is 89.5 Å². The molecule has 1 nitrogen and oxygen atoms in total. The van der Waals surface area contributed by atoms with Gasteiger partial charge in [0.25, 0.3) is 0 Å². The number of hydrogen-bond acceptors (Lipinski definition) is 1. The van der Waals surface area contributed by atoms with Crippen LogP contribution in [0.4, 0.5) is 0 Å². The predicted octanol–water partition coefficient (Wildman–Crippen LogP) is 3.90. The summed E-state index contributed by atoms with van der Waals surface area (Å²) in [5.74, 6) is 1.20. The van der Waals surface area contributed by atoms with Crippen LogP contribution in [0.15, 0.2) is 11.6 Å². The molecule has 0 amide bonds. The topological polar surface area (TPSA) is 9.23 Å². The van der Waals surface area contributed by atoms with Crippen LogP contribution in [0.1, 0.15) is 41.5 Å². The Morgan fingerprint density at radius 2 is 1.79 bits per heavy atom. The highest BCUT2D eigenvalue weighted by atomic mass is 16.5. The summed E-state index contributed by atoms with van der Waals surface area (Å²) in [6.07, 6.45) is 2.39. The van der Waals surface area contributed by atoms with Gasteiger partial charge >= 0.3 is 0 Å². The second-order valence-electron chi connectivity index (χ2n) is 5.22. The highest BCUT2D eigenvalue weighted by Gasteiger charge is 2.23. The zero-order valence-electron chi connectivity index (χ0n) is 10.8. The molecule has 0 aromatic heterocycles. The Morgan fingerprint density at radius 3 is 2.14 bits per heavy atom. The molecular weight excluding hydrogens is 172 g/mol. The minimum atomic E-state index is 0.227. The summed E-state index contributed by atoms with van der Waals surface area (Å²) >= 11 is 0. The molecule has 1 heteroatoms. The first-order valence-electron chi connectivity index (χ1n) is 5.49. The van der Waals surface area contributed by atoms with E-state index in [0.29, 0.717) is 11.8 Å². The summed E-state index contributed by atoms with van der Waals surface area (Å²) in [7, 11) is 1.77. The molecule has 0 rings (SSSR count). The Balaban J connectivity index is 4.53. The average Bonchev–Trinajstić information content (AvgIpc) is 2.03. The smallest absolute Gasteiger partial charge is 0.0495 e. The summed E-state index contributed by atoms with van der Waals surface area (Å²) in [5.41, 5.74) is 1.70. The van der Waals surface area contributed by atoms with E-state index in [0.717, 1.165) is 6.61 Å². The van der Waals surface area contributed by atoms with Gasteiger partial charge < -0.3 is 4.74 Å². The maximum Gasteiger partial charge on any atom is 0.0495 e. The molecule has 14 heavy (non-hydrogen) atoms. The molecule has 0 aromatic rings. The van der Waals surface area contributed by atoms with Crippen LogP contribution >= 0.6 is 0 Å². The van der Waals surface area contributed by atoms with Gasteiger partial charge in [0, 0.05) is 13.7 Å². The molecule has 0 radical (unpaired) electrons. The second-order valence-corrected chi connectivity index (χ2v) is 5.22. The SMILES string of the molecule is COCC(C)C(C)(C)C=C(C)C(C)C. The fourth-order valence-electron chi connectivity index (χ4n) is 1.36. The van der Waals surface area contributed by atoms with Gasteiger partial charge in [0.05, 0.1) is 0 Å². The highest BCUT2D eigenvalue weighted by molar-refractivity contribution is 5.08. The van der Waals surface area contributed by atoms with Crippen molar-refractivity contribution in [2.45, 2.75) is 41.5 Å². The quantitative estimate of drug-likeness (QED) is 0.609. The molecule has 1 unspecified atom stereocenters. The number of hydrogen-bond donors (Lipinski definition) is 0. The Hall–Kier alpha value is -0.300. The van der Waals surface area contributed by atoms with Crippen LogP contribution in [-0.4, -0.2) is 13.7 Å². The number of ether oxygens (including phenoxy) is 1. The maximum absolute atomic E-state index is 5.20. The molecule has 1 atom stereocenters. The summed E-state index contributed by atoms with van der Waals surface area (Å²) in [5, 5.41) is 0. The van der Waals surface area contributed by atoms with Crippen molar-refractivity contribution in [2.75, 3.05) is 13.7 Å². The summed E-state index contributed by atoms with van der Waals surface area (Å²) in [6.45, 7) is 14.3. The van der Waals surface area contributed by atoms with Gasteiger partial charge in [0.15, 0.2) is 0 Å². The van der Waals surface area contributed by atoms with Crippen molar-refractivity contribution >= 4 is 0 Å². The van der Waals surface area contributed by atoms with E-state index in [4.69, 9.17) is 4.74 Å². The first kappa shape index (κ1) is 13.7. The van der Waals surface area contributed by atoms with E-state index in [-0.39, 0.29) is 5.41 Å². The van der Waals surface area contributed by atoms with Crippen LogP contribution in [0.2, 0.25) is 0 Å². The van der Waals surface area contributed by atoms with Crippen molar-refractivity contribution < 1.29 is 4.74 Å². The van der Waals surface area contributed by atoms with Gasteiger partial charge in [0.1, 0.15) is 0 Å². The minimum absolute atomic E-state index is 0.227. The minimum Gasteiger partial charge on any atom is -0.384 e. The van der Waals surface area contributed by atoms with E-state index in [9.17, 15) is 0 Å². The number of methoxy groups -OCH3 is 1. The van der Waals surface area contributed by atoms with E-state index in [1.54, 1.807) is 7.11 Å². The van der Waals surface area contributed by atoms with Crippen molar-refractivity contribution in [3.05, 3.63) is 11.6 Å². The van der Waals surface area contributed by atoms with E-state index >= 15 is 0 Å². The second kappa shape index (κ2) is 5.55. The lowest BCUT2D eigenvalue weighted by molar-refractivity contribution is 0.114. The average molecular weight is 198 g/mol. The van der Waals surface area contributed by atoms with Crippen LogP contribution in [-0.2, 0) is 4.74 Å². The molecule has 0 fully saturated rings. The van der Waals surface area contributed by atoms with Crippen molar-refractivity contribution in [3.63, 3.8) is 0 Å². The molecule has 0 saturated carbocycles. The van der Waals surface area contributed by atoms with E-state index in [2.05, 4.69) is 47.6 Å². The van der Waals surface area contributed by atoms with Gasteiger partial charge in [-0.25, -0.2) is 0 Å². The first-order chi connectivity index (χ1) is 6.31. The lowest BCUT2D eigenvalue weighted by Crippen LogP contribution is -2.23. The molecule has 0 spiro atoms. The third-order valence-corrected chi connectivity index (χ3v) is 3.20. The van der Waals surface area contributed by atoms with E-state index in [1.165, 1.54) is 5.57 Å². The van der Waals surface area contributed by atoms with Crippen LogP contribution < -0.4 is 0 Å². The van der Waals surface area contributed by atoms with Crippen molar-refractivity contribution in [3.8, 4) is 0 Å². The third-order valence-electron chi connectivity index (χ3n) is 3.20. The summed E-state index contributed by atoms with van der Waals surface area (Å²) in [6, 6.07) is 0. The molecule has 0 saturated heterocycles. The van der Waals surface area contributed by atoms with Crippen LogP contribution in [0.3, 0.4) is 0 Å². The molecule has 0 aliphatic heterocycles. The molecule has 0 N–H and O–H groups in total. The fraction of sp³-hybridized carbons (Fsp3) is 0.846. The normalized spacial score (nSPS) is 16.1. The highest BCUT2D eigenvalue weighted by Crippen LogP contribution is 2.30. The summed E-state index contributed by atoms with van der Waals surface area (Å²) < 4.78 is 5.20. The molecule has 84 valence electrons. The van der Waals surface area contributed by atoms with Gasteiger partial charge in [-0.15, -0.1) is 0 Å². The zero-order valence-corrected chi connectivity index (χ0v) is 10.8.